The molecule has 0 saturated carbocycles. The van der Waals surface area contributed by atoms with Gasteiger partial charge >= 0.3 is 0 Å². The van der Waals surface area contributed by atoms with Gasteiger partial charge in [0.1, 0.15) is 0 Å². The molecule has 1 aromatic rings. The minimum Gasteiger partial charge on any atom is -0.258 e. The molecule has 0 radical (unpaired) electrons. The zero-order valence-electron chi connectivity index (χ0n) is 11.0. The second-order valence-corrected chi connectivity index (χ2v) is 1.74. The van der Waals surface area contributed by atoms with Gasteiger partial charge in [0.15, 0.2) is 0 Å². The summed E-state index contributed by atoms with van der Waals surface area (Å²) in [5.74, 6) is 0. The molecular formula is C8H8N2. The Hall–Kier alpha value is -1.36. The molecule has 0 aliphatic carbocycles. The minimum atomic E-state index is -2.52. The van der Waals surface area contributed by atoms with Crippen LogP contribution in [0.2, 0.25) is 0 Å². The van der Waals surface area contributed by atoms with Gasteiger partial charge < -0.3 is 0 Å². The Morgan fingerprint density at radius 1 is 1.50 bits per heavy atom. The van der Waals surface area contributed by atoms with Crippen molar-refractivity contribution in [3.05, 3.63) is 29.1 Å². The van der Waals surface area contributed by atoms with E-state index < -0.39 is 13.7 Å². The predicted octanol–water partition coefficient (Wildman–Crippen LogP) is 1.57. The summed E-state index contributed by atoms with van der Waals surface area (Å²) in [6.07, 6.45) is 0. The van der Waals surface area contributed by atoms with Gasteiger partial charge in [0.05, 0.1) is 11.6 Å². The Labute approximate surface area is 68.6 Å². The molecule has 0 aliphatic rings. The maximum Gasteiger partial charge on any atom is 0.0992 e. The highest BCUT2D eigenvalue weighted by molar-refractivity contribution is 5.31. The van der Waals surface area contributed by atoms with Gasteiger partial charge in [-0.05, 0) is 25.8 Å². The molecule has 0 fully saturated rings. The topological polar surface area (TPSA) is 36.7 Å². The van der Waals surface area contributed by atoms with E-state index in [9.17, 15) is 0 Å². The number of nitrogens with zero attached hydrogens (tertiary/aromatic N) is 2. The minimum absolute atomic E-state index is 0.0211. The zero-order chi connectivity index (χ0) is 12.6. The van der Waals surface area contributed by atoms with Crippen molar-refractivity contribution in [2.45, 2.75) is 13.7 Å². The molecule has 2 heteroatoms. The first kappa shape index (κ1) is 2.35. The number of pyridine rings is 1. The zero-order valence-corrected chi connectivity index (χ0v) is 5.05. The standard InChI is InChI=1S/C8H8N2/c1-6-3-8(5-9)4-7(2)10-6/h3-4H,1-2H3/i1D3,2D3. The van der Waals surface area contributed by atoms with Crippen LogP contribution in [0.25, 0.3) is 0 Å². The van der Waals surface area contributed by atoms with Crippen molar-refractivity contribution in [2.75, 3.05) is 0 Å². The summed E-state index contributed by atoms with van der Waals surface area (Å²) < 4.78 is 42.7. The molecule has 0 spiro atoms. The Kier molecular flexibility index (Phi) is 0.585. The van der Waals surface area contributed by atoms with Gasteiger partial charge in [0, 0.05) is 19.6 Å². The van der Waals surface area contributed by atoms with Gasteiger partial charge in [-0.1, -0.05) is 0 Å². The van der Waals surface area contributed by atoms with E-state index in [1.165, 1.54) is 0 Å². The number of hydrogen-bond acceptors (Lipinski definition) is 2. The third-order valence-electron chi connectivity index (χ3n) is 0.954. The van der Waals surface area contributed by atoms with Crippen LogP contribution in [0.5, 0.6) is 0 Å². The highest BCUT2D eigenvalue weighted by Crippen LogP contribution is 2.02. The average molecular weight is 138 g/mol. The Balaban J connectivity index is 3.41. The summed E-state index contributed by atoms with van der Waals surface area (Å²) in [7, 11) is 0. The maximum absolute atomic E-state index is 8.67. The van der Waals surface area contributed by atoms with E-state index >= 15 is 0 Å². The van der Waals surface area contributed by atoms with Crippen LogP contribution in [0.4, 0.5) is 0 Å². The van der Waals surface area contributed by atoms with E-state index in [4.69, 9.17) is 13.5 Å². The van der Waals surface area contributed by atoms with Crippen LogP contribution in [0.1, 0.15) is 25.2 Å². The quantitative estimate of drug-likeness (QED) is 0.545. The lowest BCUT2D eigenvalue weighted by Crippen LogP contribution is -1.86. The van der Waals surface area contributed by atoms with E-state index in [0.717, 1.165) is 12.1 Å². The summed E-state index contributed by atoms with van der Waals surface area (Å²) in [5.41, 5.74) is -0.775. The molecule has 1 heterocycles. The van der Waals surface area contributed by atoms with Gasteiger partial charge in [0.2, 0.25) is 0 Å². The summed E-state index contributed by atoms with van der Waals surface area (Å²) in [4.78, 5) is 3.55. The largest absolute Gasteiger partial charge is 0.258 e. The lowest BCUT2D eigenvalue weighted by atomic mass is 10.2. The number of aromatic nitrogens is 1. The van der Waals surface area contributed by atoms with Crippen molar-refractivity contribution in [1.82, 2.24) is 4.98 Å². The van der Waals surface area contributed by atoms with Crippen LogP contribution in [0, 0.1) is 25.0 Å². The summed E-state index contributed by atoms with van der Waals surface area (Å²) in [5, 5.41) is 8.67. The summed E-state index contributed by atoms with van der Waals surface area (Å²) in [6.45, 7) is -5.04. The molecule has 0 amide bonds. The van der Waals surface area contributed by atoms with Gasteiger partial charge in [-0.15, -0.1) is 0 Å². The van der Waals surface area contributed by atoms with E-state index in [0.29, 0.717) is 0 Å². The lowest BCUT2D eigenvalue weighted by molar-refractivity contribution is 1.12. The van der Waals surface area contributed by atoms with Crippen molar-refractivity contribution < 1.29 is 8.22 Å². The number of rotatable bonds is 0. The molecule has 50 valence electrons. The van der Waals surface area contributed by atoms with E-state index in [1.807, 2.05) is 0 Å². The lowest BCUT2D eigenvalue weighted by Gasteiger charge is -1.94. The van der Waals surface area contributed by atoms with Crippen LogP contribution >= 0.6 is 0 Å². The van der Waals surface area contributed by atoms with E-state index in [-0.39, 0.29) is 17.0 Å². The van der Waals surface area contributed by atoms with Crippen molar-refractivity contribution in [1.29, 1.82) is 5.26 Å². The van der Waals surface area contributed by atoms with Crippen LogP contribution in [-0.2, 0) is 0 Å². The summed E-state index contributed by atoms with van der Waals surface area (Å²) >= 11 is 0. The van der Waals surface area contributed by atoms with E-state index in [2.05, 4.69) is 4.98 Å². The van der Waals surface area contributed by atoms with E-state index in [1.54, 1.807) is 6.07 Å². The number of nitriles is 1. The highest BCUT2D eigenvalue weighted by atomic mass is 14.7. The molecule has 0 unspecified atom stereocenters. The van der Waals surface area contributed by atoms with Crippen LogP contribution in [0.3, 0.4) is 0 Å². The molecule has 0 atom stereocenters. The second kappa shape index (κ2) is 2.49. The molecule has 0 saturated heterocycles. The molecule has 0 aliphatic heterocycles. The van der Waals surface area contributed by atoms with Crippen molar-refractivity contribution in [2.24, 2.45) is 0 Å². The van der Waals surface area contributed by atoms with Gasteiger partial charge in [-0.3, -0.25) is 4.98 Å². The first-order valence-corrected chi connectivity index (χ1v) is 2.58. The average Bonchev–Trinajstić information content (AvgIpc) is 2.14. The Morgan fingerprint density at radius 2 is 2.10 bits per heavy atom. The van der Waals surface area contributed by atoms with Crippen LogP contribution in [-0.4, -0.2) is 4.98 Å². The third-order valence-corrected chi connectivity index (χ3v) is 0.954. The maximum atomic E-state index is 8.67. The first-order valence-electron chi connectivity index (χ1n) is 5.58. The molecule has 0 N–H and O–H groups in total. The van der Waals surface area contributed by atoms with Crippen molar-refractivity contribution in [3.8, 4) is 6.07 Å². The molecule has 0 bridgehead atoms. The molecular weight excluding hydrogens is 124 g/mol. The van der Waals surface area contributed by atoms with Gasteiger partial charge in [-0.25, -0.2) is 0 Å². The smallest absolute Gasteiger partial charge is 0.0992 e. The molecule has 10 heavy (non-hydrogen) atoms. The normalized spacial score (nSPS) is 20.3. The van der Waals surface area contributed by atoms with Crippen LogP contribution in [0.15, 0.2) is 12.1 Å². The number of hydrogen-bond donors (Lipinski definition) is 0. The first-order chi connectivity index (χ1) is 7.14. The second-order valence-electron chi connectivity index (χ2n) is 1.74. The Bertz CT molecular complexity index is 407. The fourth-order valence-corrected chi connectivity index (χ4v) is 0.595. The summed E-state index contributed by atoms with van der Waals surface area (Å²) in [6, 6.07) is 3.86. The molecule has 1 rings (SSSR count). The monoisotopic (exact) mass is 138 g/mol. The SMILES string of the molecule is [2H]C([2H])([2H])c1cc(C#N)cc(C([2H])([2H])[2H])n1. The third kappa shape index (κ3) is 1.32. The molecule has 0 aromatic carbocycles. The highest BCUT2D eigenvalue weighted by Gasteiger charge is 1.92. The molecule has 2 nitrogen and oxygen atoms in total. The fourth-order valence-electron chi connectivity index (χ4n) is 0.595. The molecule has 1 aromatic heterocycles. The van der Waals surface area contributed by atoms with Gasteiger partial charge in [0.25, 0.3) is 0 Å². The predicted molar refractivity (Wildman–Crippen MR) is 38.4 cm³/mol. The van der Waals surface area contributed by atoms with Gasteiger partial charge in [-0.2, -0.15) is 5.26 Å². The van der Waals surface area contributed by atoms with Crippen LogP contribution < -0.4 is 0 Å². The Morgan fingerprint density at radius 3 is 2.50 bits per heavy atom. The van der Waals surface area contributed by atoms with Crippen molar-refractivity contribution in [3.63, 3.8) is 0 Å². The fraction of sp³-hybridized carbons (Fsp3) is 0.250. The number of aryl methyl sites for hydroxylation is 2. The van der Waals surface area contributed by atoms with Crippen molar-refractivity contribution >= 4 is 0 Å².